The predicted molar refractivity (Wildman–Crippen MR) is 90.6 cm³/mol. The van der Waals surface area contributed by atoms with E-state index in [0.29, 0.717) is 16.8 Å². The summed E-state index contributed by atoms with van der Waals surface area (Å²) in [6, 6.07) is 8.95. The van der Waals surface area contributed by atoms with Crippen LogP contribution in [-0.2, 0) is 0 Å². The number of aromatic nitrogens is 1. The molecule has 0 spiro atoms. The molecule has 5 nitrogen and oxygen atoms in total. The zero-order valence-corrected chi connectivity index (χ0v) is 13.3. The van der Waals surface area contributed by atoms with Crippen molar-refractivity contribution in [3.8, 4) is 0 Å². The summed E-state index contributed by atoms with van der Waals surface area (Å²) in [5.41, 5.74) is 8.87. The first-order valence-corrected chi connectivity index (χ1v) is 8.33. The van der Waals surface area contributed by atoms with Crippen molar-refractivity contribution in [2.45, 2.75) is 37.6 Å². The molecule has 4 rings (SSSR count). The second-order valence-corrected chi connectivity index (χ2v) is 6.55. The SMILES string of the molecule is Nc1cnccc1C1CCCC(N2C(=O)c3ccccc3C2=O)C1. The molecule has 0 saturated heterocycles. The number of pyridine rings is 1. The lowest BCUT2D eigenvalue weighted by atomic mass is 9.80. The lowest BCUT2D eigenvalue weighted by molar-refractivity contribution is 0.0540. The van der Waals surface area contributed by atoms with Gasteiger partial charge in [-0.05, 0) is 48.9 Å². The van der Waals surface area contributed by atoms with Crippen LogP contribution in [0.15, 0.2) is 42.7 Å². The minimum atomic E-state index is -0.163. The summed E-state index contributed by atoms with van der Waals surface area (Å²) in [5.74, 6) is -0.0658. The second-order valence-electron chi connectivity index (χ2n) is 6.55. The summed E-state index contributed by atoms with van der Waals surface area (Å²) in [7, 11) is 0. The van der Waals surface area contributed by atoms with E-state index in [1.165, 1.54) is 4.90 Å². The Bertz CT molecular complexity index is 783. The van der Waals surface area contributed by atoms with Crippen LogP contribution in [0.1, 0.15) is 57.9 Å². The van der Waals surface area contributed by atoms with Gasteiger partial charge in [-0.15, -0.1) is 0 Å². The zero-order chi connectivity index (χ0) is 16.7. The highest BCUT2D eigenvalue weighted by atomic mass is 16.2. The van der Waals surface area contributed by atoms with Gasteiger partial charge in [0.1, 0.15) is 0 Å². The number of imide groups is 1. The lowest BCUT2D eigenvalue weighted by Crippen LogP contribution is -2.42. The molecule has 1 saturated carbocycles. The molecule has 2 unspecified atom stereocenters. The Morgan fingerprint density at radius 1 is 1.04 bits per heavy atom. The molecule has 1 aliphatic carbocycles. The van der Waals surface area contributed by atoms with Gasteiger partial charge in [0.05, 0.1) is 23.0 Å². The third kappa shape index (κ3) is 2.28. The Morgan fingerprint density at radius 3 is 2.42 bits per heavy atom. The number of nitrogen functional groups attached to an aromatic ring is 1. The number of hydrogen-bond donors (Lipinski definition) is 1. The number of benzene rings is 1. The highest BCUT2D eigenvalue weighted by Gasteiger charge is 2.41. The Labute approximate surface area is 140 Å². The summed E-state index contributed by atoms with van der Waals surface area (Å²) in [5, 5.41) is 0. The third-order valence-electron chi connectivity index (χ3n) is 5.16. The van der Waals surface area contributed by atoms with Crippen LogP contribution in [-0.4, -0.2) is 27.7 Å². The quantitative estimate of drug-likeness (QED) is 0.863. The fraction of sp³-hybridized carbons (Fsp3) is 0.316. The van der Waals surface area contributed by atoms with Gasteiger partial charge in [-0.3, -0.25) is 19.5 Å². The number of anilines is 1. The predicted octanol–water partition coefficient (Wildman–Crippen LogP) is 2.99. The van der Waals surface area contributed by atoms with Crippen LogP contribution in [0.5, 0.6) is 0 Å². The van der Waals surface area contributed by atoms with Crippen LogP contribution in [0.3, 0.4) is 0 Å². The van der Waals surface area contributed by atoms with Crippen molar-refractivity contribution in [2.75, 3.05) is 5.73 Å². The molecule has 1 fully saturated rings. The molecule has 5 heteroatoms. The fourth-order valence-electron chi connectivity index (χ4n) is 4.01. The summed E-state index contributed by atoms with van der Waals surface area (Å²) in [6.45, 7) is 0. The molecule has 0 radical (unpaired) electrons. The molecular weight excluding hydrogens is 302 g/mol. The lowest BCUT2D eigenvalue weighted by Gasteiger charge is -2.34. The number of rotatable bonds is 2. The van der Waals surface area contributed by atoms with E-state index < -0.39 is 0 Å². The highest BCUT2D eigenvalue weighted by Crippen LogP contribution is 2.39. The van der Waals surface area contributed by atoms with Gasteiger partial charge in [0.2, 0.25) is 0 Å². The zero-order valence-electron chi connectivity index (χ0n) is 13.3. The largest absolute Gasteiger partial charge is 0.397 e. The number of fused-ring (bicyclic) bond motifs is 1. The Hall–Kier alpha value is -2.69. The topological polar surface area (TPSA) is 76.3 Å². The molecule has 1 aromatic heterocycles. The second kappa shape index (κ2) is 5.74. The van der Waals surface area contributed by atoms with Crippen molar-refractivity contribution in [3.05, 3.63) is 59.4 Å². The first-order valence-electron chi connectivity index (χ1n) is 8.33. The van der Waals surface area contributed by atoms with Crippen LogP contribution < -0.4 is 5.73 Å². The van der Waals surface area contributed by atoms with Crippen molar-refractivity contribution in [1.82, 2.24) is 9.88 Å². The number of hydrogen-bond acceptors (Lipinski definition) is 4. The highest BCUT2D eigenvalue weighted by molar-refractivity contribution is 6.21. The molecule has 2 atom stereocenters. The van der Waals surface area contributed by atoms with E-state index in [9.17, 15) is 9.59 Å². The monoisotopic (exact) mass is 321 g/mol. The maximum absolute atomic E-state index is 12.7. The summed E-state index contributed by atoms with van der Waals surface area (Å²) < 4.78 is 0. The first kappa shape index (κ1) is 14.9. The van der Waals surface area contributed by atoms with Gasteiger partial charge in [0.25, 0.3) is 11.8 Å². The number of carbonyl (C=O) groups excluding carboxylic acids is 2. The first-order chi connectivity index (χ1) is 11.7. The maximum atomic E-state index is 12.7. The molecule has 1 aromatic carbocycles. The van der Waals surface area contributed by atoms with Gasteiger partial charge in [-0.2, -0.15) is 0 Å². The van der Waals surface area contributed by atoms with Crippen LogP contribution >= 0.6 is 0 Å². The van der Waals surface area contributed by atoms with Crippen LogP contribution in [0.25, 0.3) is 0 Å². The molecule has 2 heterocycles. The van der Waals surface area contributed by atoms with Gasteiger partial charge in [0.15, 0.2) is 0 Å². The van der Waals surface area contributed by atoms with Gasteiger partial charge in [-0.1, -0.05) is 18.6 Å². The molecule has 2 N–H and O–H groups in total. The van der Waals surface area contributed by atoms with Gasteiger partial charge in [0, 0.05) is 12.2 Å². The Kier molecular flexibility index (Phi) is 3.56. The van der Waals surface area contributed by atoms with Gasteiger partial charge >= 0.3 is 0 Å². The standard InChI is InChI=1S/C19H19N3O2/c20-17-11-21-9-8-14(17)12-4-3-5-13(10-12)22-18(23)15-6-1-2-7-16(15)19(22)24/h1-2,6-9,11-13H,3-5,10,20H2. The number of amides is 2. The van der Waals surface area contributed by atoms with Crippen LogP contribution in [0.4, 0.5) is 5.69 Å². The minimum Gasteiger partial charge on any atom is -0.397 e. The minimum absolute atomic E-state index is 0.0660. The molecule has 1 aliphatic heterocycles. The summed E-state index contributed by atoms with van der Waals surface area (Å²) in [4.78, 5) is 30.9. The van der Waals surface area contributed by atoms with Crippen LogP contribution in [0, 0.1) is 0 Å². The molecule has 24 heavy (non-hydrogen) atoms. The van der Waals surface area contributed by atoms with E-state index >= 15 is 0 Å². The van der Waals surface area contributed by atoms with Crippen molar-refractivity contribution >= 4 is 17.5 Å². The third-order valence-corrected chi connectivity index (χ3v) is 5.16. The fourth-order valence-corrected chi connectivity index (χ4v) is 4.01. The molecule has 2 amide bonds. The molecule has 122 valence electrons. The Balaban J connectivity index is 1.61. The summed E-state index contributed by atoms with van der Waals surface area (Å²) in [6.07, 6.45) is 7.03. The van der Waals surface area contributed by atoms with E-state index in [-0.39, 0.29) is 23.8 Å². The average molecular weight is 321 g/mol. The molecular formula is C19H19N3O2. The molecule has 0 bridgehead atoms. The number of nitrogens with zero attached hydrogens (tertiary/aromatic N) is 2. The summed E-state index contributed by atoms with van der Waals surface area (Å²) >= 11 is 0. The maximum Gasteiger partial charge on any atom is 0.261 e. The van der Waals surface area contributed by atoms with E-state index in [0.717, 1.165) is 31.2 Å². The van der Waals surface area contributed by atoms with Crippen molar-refractivity contribution in [3.63, 3.8) is 0 Å². The van der Waals surface area contributed by atoms with Crippen molar-refractivity contribution in [2.24, 2.45) is 0 Å². The van der Waals surface area contributed by atoms with E-state index in [4.69, 9.17) is 5.73 Å². The van der Waals surface area contributed by atoms with Gasteiger partial charge < -0.3 is 5.73 Å². The van der Waals surface area contributed by atoms with E-state index in [2.05, 4.69) is 4.98 Å². The number of carbonyl (C=O) groups is 2. The smallest absolute Gasteiger partial charge is 0.261 e. The van der Waals surface area contributed by atoms with E-state index in [1.807, 2.05) is 6.07 Å². The van der Waals surface area contributed by atoms with Crippen LogP contribution in [0.2, 0.25) is 0 Å². The Morgan fingerprint density at radius 2 is 1.75 bits per heavy atom. The van der Waals surface area contributed by atoms with E-state index in [1.54, 1.807) is 36.7 Å². The number of nitrogens with two attached hydrogens (primary N) is 1. The molecule has 2 aromatic rings. The van der Waals surface area contributed by atoms with Crippen molar-refractivity contribution in [1.29, 1.82) is 0 Å². The normalized spacial score (nSPS) is 23.4. The van der Waals surface area contributed by atoms with Crippen molar-refractivity contribution < 1.29 is 9.59 Å². The van der Waals surface area contributed by atoms with Gasteiger partial charge in [-0.25, -0.2) is 0 Å². The average Bonchev–Trinajstić information content (AvgIpc) is 2.87. The molecule has 2 aliphatic rings.